The van der Waals surface area contributed by atoms with Gasteiger partial charge in [-0.1, -0.05) is 0 Å². The number of amides is 5. The van der Waals surface area contributed by atoms with Crippen molar-refractivity contribution in [1.82, 2.24) is 16.0 Å². The summed E-state index contributed by atoms with van der Waals surface area (Å²) >= 11 is 3.82. The Morgan fingerprint density at radius 1 is 0.889 bits per heavy atom. The van der Waals surface area contributed by atoms with Gasteiger partial charge >= 0.3 is 5.97 Å². The lowest BCUT2D eigenvalue weighted by Gasteiger charge is -2.20. The average Bonchev–Trinajstić information content (AvgIpc) is 2.56. The van der Waals surface area contributed by atoms with Crippen LogP contribution < -0.4 is 33.2 Å². The number of thiol groups is 1. The molecule has 0 bridgehead atoms. The zero-order valence-electron chi connectivity index (χ0n) is 14.1. The highest BCUT2D eigenvalue weighted by Gasteiger charge is 2.28. The van der Waals surface area contributed by atoms with Crippen LogP contribution in [0.2, 0.25) is 0 Å². The first kappa shape index (κ1) is 24.1. The quantitative estimate of drug-likeness (QED) is 0.146. The van der Waals surface area contributed by atoms with E-state index in [2.05, 4.69) is 23.3 Å². The number of carboxylic acids is 1. The number of nitrogens with one attached hydrogen (secondary N) is 3. The Bertz CT molecular complexity index is 614. The van der Waals surface area contributed by atoms with E-state index in [1.807, 2.05) is 5.32 Å². The van der Waals surface area contributed by atoms with Crippen molar-refractivity contribution >= 4 is 48.1 Å². The van der Waals surface area contributed by atoms with Gasteiger partial charge in [0.05, 0.1) is 25.4 Å². The first-order valence-electron chi connectivity index (χ1n) is 7.51. The Kier molecular flexibility index (Phi) is 10.4. The predicted octanol–water partition coefficient (Wildman–Crippen LogP) is -4.84. The van der Waals surface area contributed by atoms with Crippen LogP contribution in [0.4, 0.5) is 0 Å². The third kappa shape index (κ3) is 10.0. The third-order valence-corrected chi connectivity index (χ3v) is 3.43. The van der Waals surface area contributed by atoms with E-state index >= 15 is 0 Å². The minimum atomic E-state index is -1.66. The number of primary amides is 2. The molecule has 0 rings (SSSR count). The largest absolute Gasteiger partial charge is 0.480 e. The molecule has 14 heteroatoms. The smallest absolute Gasteiger partial charge is 0.326 e. The first-order chi connectivity index (χ1) is 12.5. The van der Waals surface area contributed by atoms with Crippen molar-refractivity contribution in [3.63, 3.8) is 0 Å². The molecule has 0 aromatic rings. The van der Waals surface area contributed by atoms with E-state index in [1.165, 1.54) is 0 Å². The molecule has 0 saturated heterocycles. The molecule has 0 fully saturated rings. The highest BCUT2D eigenvalue weighted by molar-refractivity contribution is 7.80. The van der Waals surface area contributed by atoms with Crippen molar-refractivity contribution in [3.8, 4) is 0 Å². The number of carbonyl (C=O) groups excluding carboxylic acids is 5. The summed E-state index contributed by atoms with van der Waals surface area (Å²) < 4.78 is 0. The van der Waals surface area contributed by atoms with Gasteiger partial charge in [0, 0.05) is 5.75 Å². The zero-order valence-corrected chi connectivity index (χ0v) is 15.0. The summed E-state index contributed by atoms with van der Waals surface area (Å²) in [4.78, 5) is 68.4. The van der Waals surface area contributed by atoms with Crippen molar-refractivity contribution in [1.29, 1.82) is 0 Å². The standard InChI is InChI=1S/C13H22N6O7S/c14-5(4-27)11(23)17-3-10(22)18-6(1-8(15)20)12(24)19-7(13(25)26)2-9(16)21/h5-7,27H,1-4,14H2,(H2,15,20)(H2,16,21)(H,17,23)(H,18,22)(H,19,24)(H,25,26). The molecule has 0 aliphatic carbocycles. The summed E-state index contributed by atoms with van der Waals surface area (Å²) in [5.74, 6) is -6.05. The van der Waals surface area contributed by atoms with E-state index in [0.29, 0.717) is 0 Å². The molecule has 27 heavy (non-hydrogen) atoms. The van der Waals surface area contributed by atoms with Crippen LogP contribution in [0.25, 0.3) is 0 Å². The second kappa shape index (κ2) is 11.7. The molecule has 5 amide bonds. The highest BCUT2D eigenvalue weighted by atomic mass is 32.1. The van der Waals surface area contributed by atoms with Gasteiger partial charge in [0.1, 0.15) is 12.1 Å². The van der Waals surface area contributed by atoms with Crippen LogP contribution in [0.15, 0.2) is 0 Å². The molecule has 152 valence electrons. The summed E-state index contributed by atoms with van der Waals surface area (Å²) in [6.07, 6.45) is -1.35. The molecular formula is C13H22N6O7S. The maximum absolute atomic E-state index is 12.1. The van der Waals surface area contributed by atoms with Gasteiger partial charge in [-0.3, -0.25) is 24.0 Å². The highest BCUT2D eigenvalue weighted by Crippen LogP contribution is 1.97. The second-order valence-corrected chi connectivity index (χ2v) is 5.73. The van der Waals surface area contributed by atoms with Crippen LogP contribution in [-0.2, 0) is 28.8 Å². The number of hydrogen-bond donors (Lipinski definition) is 8. The number of carbonyl (C=O) groups is 6. The van der Waals surface area contributed by atoms with Crippen molar-refractivity contribution in [2.75, 3.05) is 12.3 Å². The molecule has 0 aromatic carbocycles. The number of hydrogen-bond acceptors (Lipinski definition) is 8. The minimum absolute atomic E-state index is 0.0383. The average molecular weight is 406 g/mol. The molecule has 0 aromatic heterocycles. The van der Waals surface area contributed by atoms with E-state index < -0.39 is 73.0 Å². The molecule has 0 aliphatic heterocycles. The summed E-state index contributed by atoms with van der Waals surface area (Å²) in [6.45, 7) is -0.563. The van der Waals surface area contributed by atoms with E-state index in [4.69, 9.17) is 22.3 Å². The van der Waals surface area contributed by atoms with Gasteiger partial charge in [-0.15, -0.1) is 0 Å². The van der Waals surface area contributed by atoms with Gasteiger partial charge in [0.25, 0.3) is 0 Å². The van der Waals surface area contributed by atoms with Crippen molar-refractivity contribution in [2.45, 2.75) is 31.0 Å². The molecule has 10 N–H and O–H groups in total. The monoisotopic (exact) mass is 406 g/mol. The lowest BCUT2D eigenvalue weighted by molar-refractivity contribution is -0.143. The third-order valence-electron chi connectivity index (χ3n) is 3.03. The van der Waals surface area contributed by atoms with Crippen molar-refractivity contribution in [3.05, 3.63) is 0 Å². The van der Waals surface area contributed by atoms with Crippen LogP contribution in [0.1, 0.15) is 12.8 Å². The summed E-state index contributed by atoms with van der Waals surface area (Å²) in [5, 5.41) is 15.3. The Hall–Kier alpha value is -2.87. The topological polar surface area (TPSA) is 237 Å². The van der Waals surface area contributed by atoms with Gasteiger partial charge in [-0.25, -0.2) is 4.79 Å². The van der Waals surface area contributed by atoms with Gasteiger partial charge in [0.2, 0.25) is 29.5 Å². The molecule has 0 saturated carbocycles. The Morgan fingerprint density at radius 2 is 1.41 bits per heavy atom. The fourth-order valence-corrected chi connectivity index (χ4v) is 1.88. The zero-order chi connectivity index (χ0) is 21.1. The number of aliphatic carboxylic acids is 1. The fourth-order valence-electron chi connectivity index (χ4n) is 1.71. The molecular weight excluding hydrogens is 384 g/mol. The molecule has 3 unspecified atom stereocenters. The van der Waals surface area contributed by atoms with E-state index in [1.54, 1.807) is 0 Å². The van der Waals surface area contributed by atoms with Gasteiger partial charge in [-0.2, -0.15) is 12.6 Å². The van der Waals surface area contributed by atoms with Crippen molar-refractivity contribution < 1.29 is 33.9 Å². The second-order valence-electron chi connectivity index (χ2n) is 5.37. The molecule has 0 spiro atoms. The maximum Gasteiger partial charge on any atom is 0.326 e. The van der Waals surface area contributed by atoms with E-state index in [9.17, 15) is 28.8 Å². The van der Waals surface area contributed by atoms with Gasteiger partial charge in [0.15, 0.2) is 0 Å². The number of rotatable bonds is 12. The maximum atomic E-state index is 12.1. The lowest BCUT2D eigenvalue weighted by Crippen LogP contribution is -2.55. The van der Waals surface area contributed by atoms with E-state index in [0.717, 1.165) is 0 Å². The molecule has 3 atom stereocenters. The predicted molar refractivity (Wildman–Crippen MR) is 94.0 cm³/mol. The SMILES string of the molecule is NC(=O)CC(NC(=O)C(CC(N)=O)NC(=O)CNC(=O)C(N)CS)C(=O)O. The Labute approximate surface area is 159 Å². The normalized spacial score (nSPS) is 13.6. The van der Waals surface area contributed by atoms with Crippen LogP contribution in [-0.4, -0.2) is 71.0 Å². The Balaban J connectivity index is 4.94. The molecule has 0 radical (unpaired) electrons. The van der Waals surface area contributed by atoms with Gasteiger partial charge < -0.3 is 38.3 Å². The minimum Gasteiger partial charge on any atom is -0.480 e. The summed E-state index contributed by atoms with van der Waals surface area (Å²) in [6, 6.07) is -4.13. The van der Waals surface area contributed by atoms with Crippen LogP contribution in [0, 0.1) is 0 Å². The summed E-state index contributed by atoms with van der Waals surface area (Å²) in [5.41, 5.74) is 15.3. The van der Waals surface area contributed by atoms with Gasteiger partial charge in [-0.05, 0) is 0 Å². The van der Waals surface area contributed by atoms with Crippen LogP contribution in [0.3, 0.4) is 0 Å². The molecule has 13 nitrogen and oxygen atoms in total. The number of nitrogens with two attached hydrogens (primary N) is 3. The number of carboxylic acid groups (broad SMARTS) is 1. The van der Waals surface area contributed by atoms with Crippen LogP contribution in [0.5, 0.6) is 0 Å². The Morgan fingerprint density at radius 3 is 1.85 bits per heavy atom. The van der Waals surface area contributed by atoms with Crippen molar-refractivity contribution in [2.24, 2.45) is 17.2 Å². The summed E-state index contributed by atoms with van der Waals surface area (Å²) in [7, 11) is 0. The van der Waals surface area contributed by atoms with Crippen LogP contribution >= 0.6 is 12.6 Å². The van der Waals surface area contributed by atoms with E-state index in [-0.39, 0.29) is 5.75 Å². The lowest BCUT2D eigenvalue weighted by atomic mass is 10.1. The molecule has 0 heterocycles. The molecule has 0 aliphatic rings. The fraction of sp³-hybridized carbons (Fsp3) is 0.538. The first-order valence-corrected chi connectivity index (χ1v) is 8.14.